The average molecular weight is 307 g/mol. The quantitative estimate of drug-likeness (QED) is 0.782. The zero-order chi connectivity index (χ0) is 14.7. The molecule has 0 amide bonds. The van der Waals surface area contributed by atoms with Gasteiger partial charge in [0.05, 0.1) is 11.4 Å². The Morgan fingerprint density at radius 3 is 2.58 bits per heavy atom. The van der Waals surface area contributed by atoms with Crippen molar-refractivity contribution in [1.29, 1.82) is 0 Å². The van der Waals surface area contributed by atoms with E-state index in [1.807, 2.05) is 13.8 Å². The minimum absolute atomic E-state index is 0.0198. The molecule has 0 aromatic carbocycles. The van der Waals surface area contributed by atoms with Gasteiger partial charge < -0.3 is 5.11 Å². The van der Waals surface area contributed by atoms with Crippen molar-refractivity contribution in [2.45, 2.75) is 32.1 Å². The van der Waals surface area contributed by atoms with E-state index >= 15 is 0 Å². The Morgan fingerprint density at radius 2 is 2.11 bits per heavy atom. The Kier molecular flexibility index (Phi) is 5.32. The summed E-state index contributed by atoms with van der Waals surface area (Å²) in [7, 11) is -3.51. The van der Waals surface area contributed by atoms with Crippen molar-refractivity contribution >= 4 is 21.6 Å². The highest BCUT2D eigenvalue weighted by Gasteiger charge is 2.26. The maximum Gasteiger partial charge on any atom is 0.215 e. The van der Waals surface area contributed by atoms with Crippen molar-refractivity contribution in [3.63, 3.8) is 0 Å². The third-order valence-electron chi connectivity index (χ3n) is 3.04. The second-order valence-electron chi connectivity index (χ2n) is 5.08. The topological polar surface area (TPSA) is 79.3 Å². The molecule has 1 aromatic rings. The summed E-state index contributed by atoms with van der Waals surface area (Å²) in [5, 5.41) is 10.3. The molecular formula is C12H19ClN2O3S. The molecule has 0 aliphatic carbocycles. The Bertz CT molecular complexity index is 512. The Morgan fingerprint density at radius 1 is 1.47 bits per heavy atom. The van der Waals surface area contributed by atoms with Gasteiger partial charge in [-0.2, -0.15) is 0 Å². The molecule has 108 valence electrons. The lowest BCUT2D eigenvalue weighted by Gasteiger charge is -2.27. The summed E-state index contributed by atoms with van der Waals surface area (Å²) in [4.78, 5) is 3.82. The van der Waals surface area contributed by atoms with Crippen LogP contribution in [0.3, 0.4) is 0 Å². The Hall–Kier alpha value is -0.690. The number of nitrogens with one attached hydrogen (secondary N) is 1. The van der Waals surface area contributed by atoms with Gasteiger partial charge in [0.25, 0.3) is 0 Å². The molecule has 1 rings (SSSR count). The maximum absolute atomic E-state index is 11.9. The minimum atomic E-state index is -3.51. The normalized spacial score (nSPS) is 15.5. The van der Waals surface area contributed by atoms with Crippen LogP contribution in [-0.4, -0.2) is 30.7 Å². The van der Waals surface area contributed by atoms with Gasteiger partial charge in [-0.3, -0.25) is 0 Å². The summed E-state index contributed by atoms with van der Waals surface area (Å²) < 4.78 is 26.1. The Balaban J connectivity index is 2.65. The van der Waals surface area contributed by atoms with Crippen LogP contribution in [0, 0.1) is 5.92 Å². The average Bonchev–Trinajstić information content (AvgIpc) is 2.30. The predicted octanol–water partition coefficient (Wildman–Crippen LogP) is 1.56. The number of hydrogen-bond donors (Lipinski definition) is 2. The standard InChI is InChI=1S/C12H19ClN2O3S/c1-9(2)12(3,16)8-15-19(17,18)7-10-4-5-11(13)14-6-10/h4-6,9,15-16H,7-8H2,1-3H3. The number of aromatic nitrogens is 1. The molecular weight excluding hydrogens is 288 g/mol. The predicted molar refractivity (Wildman–Crippen MR) is 75.3 cm³/mol. The highest BCUT2D eigenvalue weighted by atomic mass is 35.5. The van der Waals surface area contributed by atoms with Gasteiger partial charge in [0.15, 0.2) is 0 Å². The van der Waals surface area contributed by atoms with Gasteiger partial charge in [-0.1, -0.05) is 31.5 Å². The van der Waals surface area contributed by atoms with Gasteiger partial charge >= 0.3 is 0 Å². The van der Waals surface area contributed by atoms with Crippen molar-refractivity contribution in [2.24, 2.45) is 5.92 Å². The van der Waals surface area contributed by atoms with E-state index in [2.05, 4.69) is 9.71 Å². The van der Waals surface area contributed by atoms with Crippen LogP contribution in [0.15, 0.2) is 18.3 Å². The fourth-order valence-electron chi connectivity index (χ4n) is 1.22. The lowest BCUT2D eigenvalue weighted by atomic mass is 9.93. The number of pyridine rings is 1. The molecule has 0 saturated heterocycles. The molecule has 0 aliphatic rings. The number of sulfonamides is 1. The summed E-state index contributed by atoms with van der Waals surface area (Å²) in [6, 6.07) is 3.14. The van der Waals surface area contributed by atoms with Gasteiger partial charge in [0, 0.05) is 12.7 Å². The van der Waals surface area contributed by atoms with Gasteiger partial charge in [-0.05, 0) is 24.5 Å². The molecule has 1 unspecified atom stereocenters. The molecule has 0 fully saturated rings. The van der Waals surface area contributed by atoms with Crippen molar-refractivity contribution in [3.05, 3.63) is 29.0 Å². The van der Waals surface area contributed by atoms with Crippen LogP contribution in [0.4, 0.5) is 0 Å². The molecule has 1 heterocycles. The van der Waals surface area contributed by atoms with E-state index in [0.29, 0.717) is 10.7 Å². The summed E-state index contributed by atoms with van der Waals surface area (Å²) >= 11 is 5.63. The molecule has 1 aromatic heterocycles. The molecule has 0 radical (unpaired) electrons. The lowest BCUT2D eigenvalue weighted by molar-refractivity contribution is 0.0190. The van der Waals surface area contributed by atoms with E-state index in [0.717, 1.165) is 0 Å². The third kappa shape index (κ3) is 5.44. The molecule has 0 spiro atoms. The summed E-state index contributed by atoms with van der Waals surface area (Å²) in [5.41, 5.74) is -0.535. The molecule has 0 aliphatic heterocycles. The first-order valence-corrected chi connectivity index (χ1v) is 7.95. The van der Waals surface area contributed by atoms with Gasteiger partial charge in [-0.15, -0.1) is 0 Å². The molecule has 1 atom stereocenters. The summed E-state index contributed by atoms with van der Waals surface area (Å²) in [6.45, 7) is 5.24. The number of aliphatic hydroxyl groups is 1. The molecule has 0 bridgehead atoms. The van der Waals surface area contributed by atoms with Crippen molar-refractivity contribution in [3.8, 4) is 0 Å². The summed E-state index contributed by atoms with van der Waals surface area (Å²) in [5.74, 6) is -0.238. The second kappa shape index (κ2) is 6.17. The Labute approximate surface area is 119 Å². The second-order valence-corrected chi connectivity index (χ2v) is 7.28. The van der Waals surface area contributed by atoms with Crippen LogP contribution in [0.5, 0.6) is 0 Å². The molecule has 0 saturated carbocycles. The number of hydrogen-bond acceptors (Lipinski definition) is 4. The van der Waals surface area contributed by atoms with Gasteiger partial charge in [0.2, 0.25) is 10.0 Å². The molecule has 7 heteroatoms. The lowest BCUT2D eigenvalue weighted by Crippen LogP contribution is -2.44. The number of rotatable bonds is 6. The zero-order valence-corrected chi connectivity index (χ0v) is 12.8. The van der Waals surface area contributed by atoms with Crippen LogP contribution < -0.4 is 4.72 Å². The van der Waals surface area contributed by atoms with Crippen molar-refractivity contribution in [1.82, 2.24) is 9.71 Å². The molecule has 19 heavy (non-hydrogen) atoms. The van der Waals surface area contributed by atoms with Crippen LogP contribution >= 0.6 is 11.6 Å². The first-order valence-electron chi connectivity index (χ1n) is 5.92. The van der Waals surface area contributed by atoms with Gasteiger partial charge in [-0.25, -0.2) is 18.1 Å². The van der Waals surface area contributed by atoms with Crippen LogP contribution in [0.2, 0.25) is 5.15 Å². The van der Waals surface area contributed by atoms with E-state index in [1.165, 1.54) is 12.3 Å². The fraction of sp³-hybridized carbons (Fsp3) is 0.583. The van der Waals surface area contributed by atoms with Crippen molar-refractivity contribution < 1.29 is 13.5 Å². The molecule has 2 N–H and O–H groups in total. The van der Waals surface area contributed by atoms with E-state index in [4.69, 9.17) is 11.6 Å². The van der Waals surface area contributed by atoms with Crippen molar-refractivity contribution in [2.75, 3.05) is 6.54 Å². The third-order valence-corrected chi connectivity index (χ3v) is 4.56. The monoisotopic (exact) mass is 306 g/mol. The SMILES string of the molecule is CC(C)C(C)(O)CNS(=O)(=O)Cc1ccc(Cl)nc1. The maximum atomic E-state index is 11.9. The van der Waals surface area contributed by atoms with Crippen LogP contribution in [-0.2, 0) is 15.8 Å². The van der Waals surface area contributed by atoms with Crippen LogP contribution in [0.25, 0.3) is 0 Å². The zero-order valence-electron chi connectivity index (χ0n) is 11.2. The highest BCUT2D eigenvalue weighted by molar-refractivity contribution is 7.88. The smallest absolute Gasteiger partial charge is 0.215 e. The number of halogens is 1. The highest BCUT2D eigenvalue weighted by Crippen LogP contribution is 2.15. The van der Waals surface area contributed by atoms with Gasteiger partial charge in [0.1, 0.15) is 5.15 Å². The first-order chi connectivity index (χ1) is 8.62. The van der Waals surface area contributed by atoms with Crippen LogP contribution in [0.1, 0.15) is 26.3 Å². The fourth-order valence-corrected chi connectivity index (χ4v) is 2.56. The number of nitrogens with zero attached hydrogens (tertiary/aromatic N) is 1. The molecule has 5 nitrogen and oxygen atoms in total. The van der Waals surface area contributed by atoms with E-state index in [1.54, 1.807) is 13.0 Å². The van der Waals surface area contributed by atoms with E-state index in [9.17, 15) is 13.5 Å². The van der Waals surface area contributed by atoms with E-state index in [-0.39, 0.29) is 18.2 Å². The minimum Gasteiger partial charge on any atom is -0.389 e. The largest absolute Gasteiger partial charge is 0.389 e. The first kappa shape index (κ1) is 16.4. The summed E-state index contributed by atoms with van der Waals surface area (Å²) in [6.07, 6.45) is 1.42. The van der Waals surface area contributed by atoms with E-state index < -0.39 is 15.6 Å².